The summed E-state index contributed by atoms with van der Waals surface area (Å²) in [5.41, 5.74) is 5.37. The number of likely N-dealkylation sites (N-methyl/N-ethyl adjacent to an activating group) is 1. The minimum atomic E-state index is -0.338. The molecule has 0 fully saturated rings. The average molecular weight is 249 g/mol. The summed E-state index contributed by atoms with van der Waals surface area (Å²) < 4.78 is 0.806. The van der Waals surface area contributed by atoms with Crippen LogP contribution < -0.4 is 5.73 Å². The van der Waals surface area contributed by atoms with Gasteiger partial charge in [0.2, 0.25) is 0 Å². The topological polar surface area (TPSA) is 49.5 Å². The molecule has 0 amide bonds. The number of hydrogen-bond acceptors (Lipinski definition) is 4. The maximum Gasteiger partial charge on any atom is 0.0931 e. The summed E-state index contributed by atoms with van der Waals surface area (Å²) in [4.78, 5) is 3.28. The number of aliphatic hydroxyl groups is 1. The van der Waals surface area contributed by atoms with Gasteiger partial charge in [-0.3, -0.25) is 4.90 Å². The Bertz CT molecular complexity index is 293. The molecule has 1 rings (SSSR count). The molecule has 0 aromatic carbocycles. The second-order valence-corrected chi connectivity index (χ2v) is 5.43. The normalized spacial score (nSPS) is 13.4. The molecule has 3 N–H and O–H groups in total. The van der Waals surface area contributed by atoms with E-state index in [1.807, 2.05) is 19.2 Å². The fraction of sp³-hybridized carbons (Fsp3) is 0.600. The highest BCUT2D eigenvalue weighted by molar-refractivity contribution is 7.16. The monoisotopic (exact) mass is 248 g/mol. The molecule has 0 bridgehead atoms. The van der Waals surface area contributed by atoms with Gasteiger partial charge in [0, 0.05) is 18.0 Å². The van der Waals surface area contributed by atoms with Gasteiger partial charge in [0.25, 0.3) is 0 Å². The van der Waals surface area contributed by atoms with E-state index in [2.05, 4.69) is 4.90 Å². The Hall–Kier alpha value is -0.130. The van der Waals surface area contributed by atoms with Crippen molar-refractivity contribution in [1.82, 2.24) is 4.90 Å². The molecule has 1 atom stereocenters. The van der Waals surface area contributed by atoms with Crippen LogP contribution >= 0.6 is 22.9 Å². The number of halogens is 1. The molecule has 15 heavy (non-hydrogen) atoms. The fourth-order valence-corrected chi connectivity index (χ4v) is 2.58. The highest BCUT2D eigenvalue weighted by Crippen LogP contribution is 2.22. The summed E-state index contributed by atoms with van der Waals surface area (Å²) in [6.45, 7) is 1.99. The molecule has 1 aromatic heterocycles. The second kappa shape index (κ2) is 6.45. The molecule has 1 heterocycles. The van der Waals surface area contributed by atoms with E-state index < -0.39 is 0 Å². The zero-order valence-electron chi connectivity index (χ0n) is 8.82. The minimum Gasteiger partial charge on any atom is -0.392 e. The molecular weight excluding hydrogens is 232 g/mol. The third-order valence-corrected chi connectivity index (χ3v) is 3.29. The lowest BCUT2D eigenvalue weighted by Gasteiger charge is -2.19. The Labute approximate surface area is 99.5 Å². The predicted molar refractivity (Wildman–Crippen MR) is 65.3 cm³/mol. The van der Waals surface area contributed by atoms with Crippen LogP contribution in [-0.2, 0) is 6.54 Å². The van der Waals surface area contributed by atoms with Crippen LogP contribution in [0.15, 0.2) is 12.1 Å². The number of nitrogens with two attached hydrogens (primary N) is 1. The third-order valence-electron chi connectivity index (χ3n) is 2.08. The highest BCUT2D eigenvalue weighted by Gasteiger charge is 2.08. The van der Waals surface area contributed by atoms with Gasteiger partial charge in [-0.05, 0) is 32.1 Å². The number of nitrogens with zero attached hydrogens (tertiary/aromatic N) is 1. The smallest absolute Gasteiger partial charge is 0.0931 e. The van der Waals surface area contributed by atoms with Gasteiger partial charge in [-0.15, -0.1) is 11.3 Å². The maximum absolute atomic E-state index is 9.56. The minimum absolute atomic E-state index is 0.338. The van der Waals surface area contributed by atoms with Crippen molar-refractivity contribution < 1.29 is 5.11 Å². The van der Waals surface area contributed by atoms with E-state index in [1.54, 1.807) is 11.3 Å². The first-order valence-corrected chi connectivity index (χ1v) is 6.12. The Morgan fingerprint density at radius 3 is 2.87 bits per heavy atom. The zero-order valence-corrected chi connectivity index (χ0v) is 10.4. The van der Waals surface area contributed by atoms with Crippen molar-refractivity contribution >= 4 is 22.9 Å². The Morgan fingerprint density at radius 1 is 1.60 bits per heavy atom. The molecule has 0 spiro atoms. The quantitative estimate of drug-likeness (QED) is 0.803. The Balaban J connectivity index is 2.32. The molecule has 86 valence electrons. The first-order chi connectivity index (χ1) is 7.11. The van der Waals surface area contributed by atoms with Gasteiger partial charge in [-0.1, -0.05) is 11.6 Å². The lowest BCUT2D eigenvalue weighted by Crippen LogP contribution is -2.30. The molecule has 1 unspecified atom stereocenters. The van der Waals surface area contributed by atoms with Crippen molar-refractivity contribution in [3.63, 3.8) is 0 Å². The number of aliphatic hydroxyl groups excluding tert-OH is 1. The van der Waals surface area contributed by atoms with Gasteiger partial charge in [-0.2, -0.15) is 0 Å². The van der Waals surface area contributed by atoms with Gasteiger partial charge in [-0.25, -0.2) is 0 Å². The van der Waals surface area contributed by atoms with Crippen LogP contribution in [0.5, 0.6) is 0 Å². The van der Waals surface area contributed by atoms with Crippen LogP contribution in [0.4, 0.5) is 0 Å². The molecule has 0 radical (unpaired) electrons. The standard InChI is InChI=1S/C10H17ClN2OS/c1-13(6-8(14)4-5-12)7-9-2-3-10(11)15-9/h2-3,8,14H,4-7,12H2,1H3. The molecule has 5 heteroatoms. The Morgan fingerprint density at radius 2 is 2.33 bits per heavy atom. The van der Waals surface area contributed by atoms with E-state index in [0.717, 1.165) is 10.9 Å². The van der Waals surface area contributed by atoms with Crippen LogP contribution in [0.3, 0.4) is 0 Å². The van der Waals surface area contributed by atoms with Crippen LogP contribution in [0.1, 0.15) is 11.3 Å². The average Bonchev–Trinajstić information content (AvgIpc) is 2.51. The molecule has 0 aliphatic heterocycles. The third kappa shape index (κ3) is 4.95. The number of rotatable bonds is 6. The Kier molecular flexibility index (Phi) is 5.56. The summed E-state index contributed by atoms with van der Waals surface area (Å²) >= 11 is 7.41. The molecule has 0 saturated carbocycles. The lowest BCUT2D eigenvalue weighted by atomic mass is 10.2. The summed E-state index contributed by atoms with van der Waals surface area (Å²) in [5, 5.41) is 9.56. The van der Waals surface area contributed by atoms with Crippen molar-refractivity contribution in [2.45, 2.75) is 19.1 Å². The van der Waals surface area contributed by atoms with E-state index in [0.29, 0.717) is 19.5 Å². The van der Waals surface area contributed by atoms with Gasteiger partial charge in [0.1, 0.15) is 0 Å². The molecular formula is C10H17ClN2OS. The second-order valence-electron chi connectivity index (χ2n) is 3.63. The van der Waals surface area contributed by atoms with E-state index in [9.17, 15) is 5.11 Å². The van der Waals surface area contributed by atoms with Crippen LogP contribution in [0.25, 0.3) is 0 Å². The largest absolute Gasteiger partial charge is 0.392 e. The van der Waals surface area contributed by atoms with Crippen molar-refractivity contribution in [2.75, 3.05) is 20.1 Å². The first-order valence-electron chi connectivity index (χ1n) is 4.92. The van der Waals surface area contributed by atoms with E-state index in [4.69, 9.17) is 17.3 Å². The van der Waals surface area contributed by atoms with Crippen LogP contribution in [-0.4, -0.2) is 36.2 Å². The van der Waals surface area contributed by atoms with Crippen molar-refractivity contribution in [2.24, 2.45) is 5.73 Å². The fourth-order valence-electron chi connectivity index (χ4n) is 1.41. The van der Waals surface area contributed by atoms with Crippen LogP contribution in [0, 0.1) is 0 Å². The summed E-state index contributed by atoms with van der Waals surface area (Å²) in [5.74, 6) is 0. The van der Waals surface area contributed by atoms with Crippen molar-refractivity contribution in [3.8, 4) is 0 Å². The van der Waals surface area contributed by atoms with Gasteiger partial charge < -0.3 is 10.8 Å². The first kappa shape index (κ1) is 12.9. The molecule has 0 aliphatic rings. The van der Waals surface area contributed by atoms with Gasteiger partial charge >= 0.3 is 0 Å². The van der Waals surface area contributed by atoms with Gasteiger partial charge in [0.15, 0.2) is 0 Å². The number of thiophene rings is 1. The molecule has 3 nitrogen and oxygen atoms in total. The van der Waals surface area contributed by atoms with E-state index >= 15 is 0 Å². The van der Waals surface area contributed by atoms with Crippen molar-refractivity contribution in [1.29, 1.82) is 0 Å². The number of hydrogen-bond donors (Lipinski definition) is 2. The highest BCUT2D eigenvalue weighted by atomic mass is 35.5. The SMILES string of the molecule is CN(Cc1ccc(Cl)s1)CC(O)CCN. The van der Waals surface area contributed by atoms with E-state index in [-0.39, 0.29) is 6.10 Å². The summed E-state index contributed by atoms with van der Waals surface area (Å²) in [7, 11) is 1.98. The summed E-state index contributed by atoms with van der Waals surface area (Å²) in [6, 6.07) is 3.91. The molecule has 0 saturated heterocycles. The lowest BCUT2D eigenvalue weighted by molar-refractivity contribution is 0.117. The van der Waals surface area contributed by atoms with Gasteiger partial charge in [0.05, 0.1) is 10.4 Å². The maximum atomic E-state index is 9.56. The van der Waals surface area contributed by atoms with Crippen LogP contribution in [0.2, 0.25) is 4.34 Å². The molecule has 0 aliphatic carbocycles. The van der Waals surface area contributed by atoms with Crippen molar-refractivity contribution in [3.05, 3.63) is 21.3 Å². The predicted octanol–water partition coefficient (Wildman–Crippen LogP) is 1.54. The molecule has 1 aromatic rings. The van der Waals surface area contributed by atoms with E-state index in [1.165, 1.54) is 4.88 Å². The zero-order chi connectivity index (χ0) is 11.3. The summed E-state index contributed by atoms with van der Waals surface area (Å²) in [6.07, 6.45) is 0.311.